The van der Waals surface area contributed by atoms with E-state index in [1.165, 1.54) is 11.6 Å². The first-order valence-electron chi connectivity index (χ1n) is 4.14. The van der Waals surface area contributed by atoms with E-state index >= 15 is 0 Å². The normalized spacial score (nSPS) is 11.1. The fourth-order valence-corrected chi connectivity index (χ4v) is 1.49. The lowest BCUT2D eigenvalue weighted by Crippen LogP contribution is -2.36. The Bertz CT molecular complexity index is 617. The topological polar surface area (TPSA) is 72.7 Å². The summed E-state index contributed by atoms with van der Waals surface area (Å²) >= 11 is 0. The Balaban J connectivity index is 3.22. The number of nitrogens with zero attached hydrogens (tertiary/aromatic N) is 3. The van der Waals surface area contributed by atoms with Gasteiger partial charge in [-0.05, 0) is 6.92 Å². The monoisotopic (exact) mass is 194 g/mol. The van der Waals surface area contributed by atoms with Gasteiger partial charge in [0.15, 0.2) is 5.65 Å². The van der Waals surface area contributed by atoms with Crippen LogP contribution in [0.15, 0.2) is 9.59 Å². The molecule has 0 saturated heterocycles. The SMILES string of the molecule is Cc1[nH]nc2c1c(=O)n(C)c(=O)n2C. The van der Waals surface area contributed by atoms with Crippen LogP contribution in [0.3, 0.4) is 0 Å². The van der Waals surface area contributed by atoms with Gasteiger partial charge in [-0.1, -0.05) is 0 Å². The second-order valence-electron chi connectivity index (χ2n) is 3.25. The third kappa shape index (κ3) is 0.876. The largest absolute Gasteiger partial charge is 0.332 e. The van der Waals surface area contributed by atoms with Crippen molar-refractivity contribution in [3.8, 4) is 0 Å². The van der Waals surface area contributed by atoms with Crippen LogP contribution in [-0.2, 0) is 14.1 Å². The summed E-state index contributed by atoms with van der Waals surface area (Å²) in [4.78, 5) is 23.2. The maximum atomic E-state index is 11.7. The first-order valence-corrected chi connectivity index (χ1v) is 4.14. The summed E-state index contributed by atoms with van der Waals surface area (Å²) in [5.74, 6) is 0. The number of nitrogens with one attached hydrogen (secondary N) is 1. The molecular weight excluding hydrogens is 184 g/mol. The van der Waals surface area contributed by atoms with Crippen LogP contribution in [0.25, 0.3) is 11.0 Å². The van der Waals surface area contributed by atoms with Gasteiger partial charge >= 0.3 is 5.69 Å². The molecule has 0 fully saturated rings. The van der Waals surface area contributed by atoms with Gasteiger partial charge in [-0.15, -0.1) is 0 Å². The van der Waals surface area contributed by atoms with Gasteiger partial charge in [0, 0.05) is 19.8 Å². The molecule has 2 rings (SSSR count). The molecule has 2 heterocycles. The first-order chi connectivity index (χ1) is 6.54. The smallest absolute Gasteiger partial charge is 0.280 e. The van der Waals surface area contributed by atoms with Crippen molar-refractivity contribution in [3.05, 3.63) is 26.5 Å². The molecular formula is C8H10N4O2. The molecule has 0 amide bonds. The van der Waals surface area contributed by atoms with E-state index in [4.69, 9.17) is 0 Å². The minimum Gasteiger partial charge on any atom is -0.280 e. The number of aryl methyl sites for hydroxylation is 2. The molecule has 0 aliphatic carbocycles. The molecule has 2 aromatic heterocycles. The zero-order valence-corrected chi connectivity index (χ0v) is 8.16. The molecule has 0 atom stereocenters. The number of rotatable bonds is 0. The van der Waals surface area contributed by atoms with E-state index in [1.807, 2.05) is 0 Å². The molecule has 0 bridgehead atoms. The number of fused-ring (bicyclic) bond motifs is 1. The maximum absolute atomic E-state index is 11.7. The lowest BCUT2D eigenvalue weighted by atomic mass is 10.3. The van der Waals surface area contributed by atoms with E-state index in [9.17, 15) is 9.59 Å². The van der Waals surface area contributed by atoms with Crippen molar-refractivity contribution in [1.29, 1.82) is 0 Å². The molecule has 0 unspecified atom stereocenters. The fourth-order valence-electron chi connectivity index (χ4n) is 1.49. The molecule has 74 valence electrons. The molecule has 6 heteroatoms. The quantitative estimate of drug-likeness (QED) is 0.600. The summed E-state index contributed by atoms with van der Waals surface area (Å²) in [5.41, 5.74) is 0.398. The molecule has 0 aliphatic heterocycles. The summed E-state index contributed by atoms with van der Waals surface area (Å²) in [6, 6.07) is 0. The predicted octanol–water partition coefficient (Wildman–Crippen LogP) is -0.731. The van der Waals surface area contributed by atoms with Crippen molar-refractivity contribution >= 4 is 11.0 Å². The molecule has 0 radical (unpaired) electrons. The highest BCUT2D eigenvalue weighted by Crippen LogP contribution is 2.06. The molecule has 1 N–H and O–H groups in total. The van der Waals surface area contributed by atoms with Crippen LogP contribution in [0, 0.1) is 6.92 Å². The minimum absolute atomic E-state index is 0.311. The molecule has 0 spiro atoms. The van der Waals surface area contributed by atoms with Gasteiger partial charge in [0.05, 0.1) is 0 Å². The van der Waals surface area contributed by atoms with Gasteiger partial charge in [-0.3, -0.25) is 19.0 Å². The molecule has 0 saturated carbocycles. The van der Waals surface area contributed by atoms with Crippen LogP contribution in [0.4, 0.5) is 0 Å². The highest BCUT2D eigenvalue weighted by atomic mass is 16.2. The maximum Gasteiger partial charge on any atom is 0.332 e. The van der Waals surface area contributed by atoms with Crippen molar-refractivity contribution in [2.45, 2.75) is 6.92 Å². The Hall–Kier alpha value is -1.85. The van der Waals surface area contributed by atoms with Crippen LogP contribution in [0.5, 0.6) is 0 Å². The first kappa shape index (κ1) is 8.74. The molecule has 0 aromatic carbocycles. The van der Waals surface area contributed by atoms with Crippen molar-refractivity contribution < 1.29 is 0 Å². The van der Waals surface area contributed by atoms with Crippen LogP contribution in [0.2, 0.25) is 0 Å². The minimum atomic E-state index is -0.367. The standard InChI is InChI=1S/C8H10N4O2/c1-4-5-6(10-9-4)11(2)8(14)12(3)7(5)13/h1-3H3,(H,9,10). The number of aromatic nitrogens is 4. The van der Waals surface area contributed by atoms with Crippen LogP contribution < -0.4 is 11.2 Å². The van der Waals surface area contributed by atoms with Crippen molar-refractivity contribution in [1.82, 2.24) is 19.3 Å². The van der Waals surface area contributed by atoms with Gasteiger partial charge in [-0.2, -0.15) is 5.10 Å². The van der Waals surface area contributed by atoms with Gasteiger partial charge in [0.1, 0.15) is 5.39 Å². The summed E-state index contributed by atoms with van der Waals surface area (Å²) in [6.45, 7) is 1.75. The summed E-state index contributed by atoms with van der Waals surface area (Å²) < 4.78 is 2.42. The molecule has 2 aromatic rings. The van der Waals surface area contributed by atoms with Gasteiger partial charge in [-0.25, -0.2) is 4.79 Å². The Morgan fingerprint density at radius 2 is 1.86 bits per heavy atom. The average Bonchev–Trinajstić information content (AvgIpc) is 2.54. The highest BCUT2D eigenvalue weighted by molar-refractivity contribution is 5.76. The van der Waals surface area contributed by atoms with E-state index in [1.54, 1.807) is 14.0 Å². The zero-order valence-electron chi connectivity index (χ0n) is 8.16. The lowest BCUT2D eigenvalue weighted by molar-refractivity contribution is 0.708. The summed E-state index contributed by atoms with van der Waals surface area (Å²) in [6.07, 6.45) is 0. The Kier molecular flexibility index (Phi) is 1.60. The summed E-state index contributed by atoms with van der Waals surface area (Å²) in [5, 5.41) is 7.06. The third-order valence-corrected chi connectivity index (χ3v) is 2.34. The fraction of sp³-hybridized carbons (Fsp3) is 0.375. The van der Waals surface area contributed by atoms with E-state index < -0.39 is 0 Å². The Morgan fingerprint density at radius 3 is 2.50 bits per heavy atom. The number of H-pyrrole nitrogens is 1. The van der Waals surface area contributed by atoms with Crippen molar-refractivity contribution in [2.75, 3.05) is 0 Å². The van der Waals surface area contributed by atoms with E-state index in [0.29, 0.717) is 16.7 Å². The van der Waals surface area contributed by atoms with Crippen LogP contribution in [0.1, 0.15) is 5.69 Å². The van der Waals surface area contributed by atoms with Gasteiger partial charge in [0.2, 0.25) is 0 Å². The summed E-state index contributed by atoms with van der Waals surface area (Å²) in [7, 11) is 3.04. The zero-order chi connectivity index (χ0) is 10.5. The van der Waals surface area contributed by atoms with E-state index in [-0.39, 0.29) is 11.2 Å². The average molecular weight is 194 g/mol. The third-order valence-electron chi connectivity index (χ3n) is 2.34. The van der Waals surface area contributed by atoms with Gasteiger partial charge in [0.25, 0.3) is 5.56 Å². The predicted molar refractivity (Wildman–Crippen MR) is 51.3 cm³/mol. The van der Waals surface area contributed by atoms with Gasteiger partial charge < -0.3 is 0 Å². The Labute approximate surface area is 78.8 Å². The Morgan fingerprint density at radius 1 is 1.21 bits per heavy atom. The molecule has 0 aliphatic rings. The highest BCUT2D eigenvalue weighted by Gasteiger charge is 2.12. The number of aromatic amines is 1. The number of hydrogen-bond acceptors (Lipinski definition) is 3. The number of hydrogen-bond donors (Lipinski definition) is 1. The van der Waals surface area contributed by atoms with E-state index in [2.05, 4.69) is 10.2 Å². The van der Waals surface area contributed by atoms with Crippen LogP contribution >= 0.6 is 0 Å². The van der Waals surface area contributed by atoms with E-state index in [0.717, 1.165) is 4.57 Å². The van der Waals surface area contributed by atoms with Crippen molar-refractivity contribution in [2.24, 2.45) is 14.1 Å². The lowest BCUT2D eigenvalue weighted by Gasteiger charge is -2.01. The van der Waals surface area contributed by atoms with Crippen LogP contribution in [-0.4, -0.2) is 19.3 Å². The molecule has 6 nitrogen and oxygen atoms in total. The second-order valence-corrected chi connectivity index (χ2v) is 3.25. The molecule has 14 heavy (non-hydrogen) atoms. The van der Waals surface area contributed by atoms with Crippen molar-refractivity contribution in [3.63, 3.8) is 0 Å². The second kappa shape index (κ2) is 2.57.